The van der Waals surface area contributed by atoms with Gasteiger partial charge in [0.15, 0.2) is 0 Å². The van der Waals surface area contributed by atoms with Crippen molar-refractivity contribution in [3.63, 3.8) is 0 Å². The van der Waals surface area contributed by atoms with Crippen LogP contribution in [0.4, 0.5) is 34.1 Å². The van der Waals surface area contributed by atoms with E-state index in [2.05, 4.69) is 30.7 Å². The molecule has 0 unspecified atom stereocenters. The van der Waals surface area contributed by atoms with E-state index in [0.29, 0.717) is 0 Å². The van der Waals surface area contributed by atoms with Crippen LogP contribution in [0.5, 0.6) is 0 Å². The molecular weight excluding hydrogens is 420 g/mol. The van der Waals surface area contributed by atoms with E-state index in [1.807, 2.05) is 113 Å². The second-order valence-corrected chi connectivity index (χ2v) is 8.11. The monoisotopic (exact) mass is 446 g/mol. The number of rotatable bonds is 6. The van der Waals surface area contributed by atoms with E-state index in [1.165, 1.54) is 0 Å². The highest BCUT2D eigenvalue weighted by atomic mass is 15.1. The standard InChI is InChI=1S/C28H26N6/c1-19-7-5-8-20(2)27(19)33-31-25-15-11-23(12-16-25)29-30-24-13-17-26(18-14-24)32-34-28-21(3)9-6-10-22(28)4/h5-18H,1-4H3. The van der Waals surface area contributed by atoms with Crippen molar-refractivity contribution in [2.75, 3.05) is 0 Å². The molecule has 0 heterocycles. The lowest BCUT2D eigenvalue weighted by Gasteiger charge is -2.02. The van der Waals surface area contributed by atoms with Crippen LogP contribution in [0.15, 0.2) is 116 Å². The predicted octanol–water partition coefficient (Wildman–Crippen LogP) is 10.2. The normalized spacial score (nSPS) is 11.8. The first-order valence-corrected chi connectivity index (χ1v) is 11.1. The van der Waals surface area contributed by atoms with Crippen LogP contribution in [0.25, 0.3) is 0 Å². The molecule has 0 aromatic heterocycles. The molecule has 168 valence electrons. The predicted molar refractivity (Wildman–Crippen MR) is 137 cm³/mol. The molecule has 0 amide bonds. The van der Waals surface area contributed by atoms with Crippen molar-refractivity contribution in [3.05, 3.63) is 107 Å². The molecule has 0 aliphatic heterocycles. The van der Waals surface area contributed by atoms with E-state index in [4.69, 9.17) is 0 Å². The van der Waals surface area contributed by atoms with Crippen LogP contribution in [0.1, 0.15) is 22.3 Å². The maximum Gasteiger partial charge on any atom is 0.0915 e. The molecule has 4 aromatic carbocycles. The number of hydrogen-bond donors (Lipinski definition) is 0. The van der Waals surface area contributed by atoms with Crippen LogP contribution < -0.4 is 0 Å². The zero-order valence-corrected chi connectivity index (χ0v) is 19.8. The van der Waals surface area contributed by atoms with Gasteiger partial charge in [-0.1, -0.05) is 36.4 Å². The van der Waals surface area contributed by atoms with Crippen LogP contribution in [0, 0.1) is 27.7 Å². The zero-order chi connectivity index (χ0) is 23.9. The largest absolute Gasteiger partial charge is 0.151 e. The summed E-state index contributed by atoms with van der Waals surface area (Å²) in [5.41, 5.74) is 9.24. The molecule has 0 aliphatic carbocycles. The Balaban J connectivity index is 1.40. The fourth-order valence-corrected chi connectivity index (χ4v) is 3.43. The molecule has 6 nitrogen and oxygen atoms in total. The van der Waals surface area contributed by atoms with Gasteiger partial charge in [0.25, 0.3) is 0 Å². The highest BCUT2D eigenvalue weighted by molar-refractivity contribution is 5.54. The van der Waals surface area contributed by atoms with Gasteiger partial charge in [0.05, 0.1) is 34.1 Å². The summed E-state index contributed by atoms with van der Waals surface area (Å²) in [4.78, 5) is 0. The first-order valence-electron chi connectivity index (χ1n) is 11.1. The topological polar surface area (TPSA) is 74.2 Å². The lowest BCUT2D eigenvalue weighted by Crippen LogP contribution is -1.78. The average Bonchev–Trinajstić information content (AvgIpc) is 2.83. The molecule has 0 spiro atoms. The van der Waals surface area contributed by atoms with Gasteiger partial charge in [-0.05, 0) is 98.5 Å². The van der Waals surface area contributed by atoms with Crippen molar-refractivity contribution in [3.8, 4) is 0 Å². The molecule has 0 saturated heterocycles. The van der Waals surface area contributed by atoms with Crippen LogP contribution in [-0.4, -0.2) is 0 Å². The third-order valence-corrected chi connectivity index (χ3v) is 5.39. The average molecular weight is 447 g/mol. The van der Waals surface area contributed by atoms with Crippen molar-refractivity contribution < 1.29 is 0 Å². The van der Waals surface area contributed by atoms with E-state index in [9.17, 15) is 0 Å². The van der Waals surface area contributed by atoms with Gasteiger partial charge >= 0.3 is 0 Å². The second-order valence-electron chi connectivity index (χ2n) is 8.11. The van der Waals surface area contributed by atoms with Gasteiger partial charge in [0.1, 0.15) is 0 Å². The molecule has 4 aromatic rings. The van der Waals surface area contributed by atoms with Crippen molar-refractivity contribution >= 4 is 34.1 Å². The van der Waals surface area contributed by atoms with Gasteiger partial charge in [-0.25, -0.2) is 0 Å². The lowest BCUT2D eigenvalue weighted by atomic mass is 10.1. The molecule has 34 heavy (non-hydrogen) atoms. The first-order chi connectivity index (χ1) is 16.5. The summed E-state index contributed by atoms with van der Waals surface area (Å²) >= 11 is 0. The van der Waals surface area contributed by atoms with Crippen molar-refractivity contribution in [2.45, 2.75) is 27.7 Å². The van der Waals surface area contributed by atoms with Crippen molar-refractivity contribution in [1.29, 1.82) is 0 Å². The number of nitrogens with zero attached hydrogens (tertiary/aromatic N) is 6. The van der Waals surface area contributed by atoms with Gasteiger partial charge in [0, 0.05) is 0 Å². The molecule has 0 saturated carbocycles. The van der Waals surface area contributed by atoms with Crippen LogP contribution in [-0.2, 0) is 0 Å². The fraction of sp³-hybridized carbons (Fsp3) is 0.143. The number of hydrogen-bond acceptors (Lipinski definition) is 6. The van der Waals surface area contributed by atoms with Crippen LogP contribution in [0.2, 0.25) is 0 Å². The lowest BCUT2D eigenvalue weighted by molar-refractivity contribution is 1.18. The highest BCUT2D eigenvalue weighted by Gasteiger charge is 2.01. The maximum absolute atomic E-state index is 4.41. The quantitative estimate of drug-likeness (QED) is 0.264. The molecular formula is C28H26N6. The van der Waals surface area contributed by atoms with Crippen LogP contribution >= 0.6 is 0 Å². The first kappa shape index (κ1) is 22.9. The van der Waals surface area contributed by atoms with Gasteiger partial charge in [-0.15, -0.1) is 0 Å². The summed E-state index contributed by atoms with van der Waals surface area (Å²) in [6.45, 7) is 8.13. The minimum absolute atomic E-state index is 0.741. The third kappa shape index (κ3) is 5.72. The van der Waals surface area contributed by atoms with Gasteiger partial charge in [0.2, 0.25) is 0 Å². The summed E-state index contributed by atoms with van der Waals surface area (Å²) < 4.78 is 0. The fourth-order valence-electron chi connectivity index (χ4n) is 3.43. The Labute approximate surface area is 199 Å². The smallest absolute Gasteiger partial charge is 0.0915 e. The number of benzene rings is 4. The molecule has 4 rings (SSSR count). The van der Waals surface area contributed by atoms with Crippen molar-refractivity contribution in [2.24, 2.45) is 30.7 Å². The second kappa shape index (κ2) is 10.5. The molecule has 0 radical (unpaired) electrons. The van der Waals surface area contributed by atoms with Gasteiger partial charge < -0.3 is 0 Å². The van der Waals surface area contributed by atoms with Crippen LogP contribution in [0.3, 0.4) is 0 Å². The summed E-state index contributed by atoms with van der Waals surface area (Å²) in [5, 5.41) is 26.1. The number of aryl methyl sites for hydroxylation is 4. The minimum Gasteiger partial charge on any atom is -0.151 e. The molecule has 0 N–H and O–H groups in total. The van der Waals surface area contributed by atoms with E-state index >= 15 is 0 Å². The van der Waals surface area contributed by atoms with E-state index in [-0.39, 0.29) is 0 Å². The highest BCUT2D eigenvalue weighted by Crippen LogP contribution is 2.29. The Kier molecular flexibility index (Phi) is 7.08. The Morgan fingerprint density at radius 2 is 0.559 bits per heavy atom. The summed E-state index contributed by atoms with van der Waals surface area (Å²) in [5.74, 6) is 0. The zero-order valence-electron chi connectivity index (χ0n) is 19.8. The Bertz CT molecular complexity index is 1220. The molecule has 0 bridgehead atoms. The van der Waals surface area contributed by atoms with Gasteiger partial charge in [-0.3, -0.25) is 0 Å². The van der Waals surface area contributed by atoms with E-state index in [1.54, 1.807) is 0 Å². The SMILES string of the molecule is Cc1cccc(C)c1N=Nc1ccc(N=Nc2ccc(N=Nc3c(C)cccc3C)cc2)cc1. The van der Waals surface area contributed by atoms with Crippen molar-refractivity contribution in [1.82, 2.24) is 0 Å². The number of azo groups is 3. The Morgan fingerprint density at radius 3 is 0.824 bits per heavy atom. The van der Waals surface area contributed by atoms with E-state index in [0.717, 1.165) is 56.4 Å². The summed E-state index contributed by atoms with van der Waals surface area (Å²) in [6.07, 6.45) is 0. The molecule has 0 fully saturated rings. The molecule has 0 aliphatic rings. The third-order valence-electron chi connectivity index (χ3n) is 5.39. The molecule has 6 heteroatoms. The minimum atomic E-state index is 0.741. The van der Waals surface area contributed by atoms with Gasteiger partial charge in [-0.2, -0.15) is 30.7 Å². The Hall–Kier alpha value is -4.32. The maximum atomic E-state index is 4.41. The molecule has 0 atom stereocenters. The van der Waals surface area contributed by atoms with E-state index < -0.39 is 0 Å². The Morgan fingerprint density at radius 1 is 0.324 bits per heavy atom. The summed E-state index contributed by atoms with van der Waals surface area (Å²) in [6, 6.07) is 27.2. The summed E-state index contributed by atoms with van der Waals surface area (Å²) in [7, 11) is 0.